The minimum absolute atomic E-state index is 0.187. The van der Waals surface area contributed by atoms with Crippen molar-refractivity contribution >= 4 is 11.8 Å². The fraction of sp³-hybridized carbons (Fsp3) is 0.379. The molecule has 0 N–H and O–H groups in total. The first-order chi connectivity index (χ1) is 17.8. The average molecular weight is 503 g/mol. The summed E-state index contributed by atoms with van der Waals surface area (Å²) in [5.74, 6) is 1.52. The molecule has 3 aromatic heterocycles. The Bertz CT molecular complexity index is 1210. The highest BCUT2D eigenvalue weighted by Gasteiger charge is 2.11. The Balaban J connectivity index is 1.26. The molecule has 0 amide bonds. The molecule has 7 heteroatoms. The van der Waals surface area contributed by atoms with Crippen LogP contribution in [0.5, 0.6) is 0 Å². The quantitative estimate of drug-likeness (QED) is 0.105. The summed E-state index contributed by atoms with van der Waals surface area (Å²) in [6.45, 7) is 0.847. The number of nitrogens with zero attached hydrogens (tertiary/aromatic N) is 4. The Morgan fingerprint density at radius 3 is 2.33 bits per heavy atom. The van der Waals surface area contributed by atoms with Crippen LogP contribution in [0.4, 0.5) is 0 Å². The van der Waals surface area contributed by atoms with Gasteiger partial charge in [0, 0.05) is 37.1 Å². The van der Waals surface area contributed by atoms with Crippen LogP contribution in [-0.2, 0) is 25.1 Å². The van der Waals surface area contributed by atoms with Crippen LogP contribution in [-0.4, -0.2) is 19.5 Å². The maximum atomic E-state index is 12.7. The summed E-state index contributed by atoms with van der Waals surface area (Å²) < 4.78 is 7.59. The maximum Gasteiger partial charge on any atom is 0.277 e. The van der Waals surface area contributed by atoms with E-state index >= 15 is 0 Å². The van der Waals surface area contributed by atoms with Crippen molar-refractivity contribution in [3.05, 3.63) is 106 Å². The minimum atomic E-state index is -0.187. The molecule has 188 valence electrons. The summed E-state index contributed by atoms with van der Waals surface area (Å²) in [7, 11) is 0. The number of aromatic nitrogens is 4. The van der Waals surface area contributed by atoms with Gasteiger partial charge in [-0.25, -0.2) is 9.97 Å². The third-order valence-corrected chi connectivity index (χ3v) is 7.18. The molecule has 0 aliphatic rings. The first-order valence-corrected chi connectivity index (χ1v) is 13.8. The molecule has 0 bridgehead atoms. The van der Waals surface area contributed by atoms with Crippen molar-refractivity contribution in [2.24, 2.45) is 0 Å². The van der Waals surface area contributed by atoms with E-state index in [4.69, 9.17) is 4.42 Å². The van der Waals surface area contributed by atoms with E-state index in [9.17, 15) is 4.79 Å². The first-order valence-electron chi connectivity index (χ1n) is 12.8. The van der Waals surface area contributed by atoms with Gasteiger partial charge < -0.3 is 8.98 Å². The largest absolute Gasteiger partial charge is 0.468 e. The fourth-order valence-corrected chi connectivity index (χ4v) is 5.12. The van der Waals surface area contributed by atoms with Gasteiger partial charge in [0.05, 0.1) is 12.0 Å². The van der Waals surface area contributed by atoms with Gasteiger partial charge in [-0.05, 0) is 42.5 Å². The van der Waals surface area contributed by atoms with Crippen LogP contribution in [0.2, 0.25) is 0 Å². The molecule has 0 spiro atoms. The van der Waals surface area contributed by atoms with Crippen molar-refractivity contribution < 1.29 is 4.42 Å². The zero-order valence-corrected chi connectivity index (χ0v) is 21.5. The SMILES string of the molecule is O=c1nc(SCc2ccco2)n(CCCCCCCCCc2ccccc2)cc1Cc1cncnc1. The Hall–Kier alpha value is -3.19. The van der Waals surface area contributed by atoms with Crippen LogP contribution in [0, 0.1) is 0 Å². The molecule has 6 nitrogen and oxygen atoms in total. The van der Waals surface area contributed by atoms with Crippen molar-refractivity contribution in [2.75, 3.05) is 0 Å². The van der Waals surface area contributed by atoms with E-state index in [2.05, 4.69) is 49.9 Å². The van der Waals surface area contributed by atoms with Gasteiger partial charge in [-0.1, -0.05) is 74.2 Å². The highest BCUT2D eigenvalue weighted by molar-refractivity contribution is 7.98. The third kappa shape index (κ3) is 8.48. The lowest BCUT2D eigenvalue weighted by molar-refractivity contribution is 0.514. The summed E-state index contributed by atoms with van der Waals surface area (Å²) >= 11 is 1.54. The van der Waals surface area contributed by atoms with Gasteiger partial charge in [-0.15, -0.1) is 0 Å². The fourth-order valence-electron chi connectivity index (χ4n) is 4.23. The van der Waals surface area contributed by atoms with Gasteiger partial charge in [0.15, 0.2) is 5.16 Å². The zero-order valence-electron chi connectivity index (χ0n) is 20.7. The van der Waals surface area contributed by atoms with Crippen molar-refractivity contribution in [1.82, 2.24) is 19.5 Å². The van der Waals surface area contributed by atoms with Gasteiger partial charge in [0.25, 0.3) is 5.56 Å². The van der Waals surface area contributed by atoms with Crippen LogP contribution < -0.4 is 5.56 Å². The van der Waals surface area contributed by atoms with Gasteiger partial charge in [0.2, 0.25) is 0 Å². The van der Waals surface area contributed by atoms with Gasteiger partial charge in [-0.2, -0.15) is 4.98 Å². The second-order valence-electron chi connectivity index (χ2n) is 9.05. The maximum absolute atomic E-state index is 12.7. The minimum Gasteiger partial charge on any atom is -0.468 e. The standard InChI is InChI=1S/C29H34N4O2S/c34-28-26(18-25-19-30-23-31-20-25)21-33(29(32-28)36-22-27-15-11-17-35-27)16-10-5-3-1-2-4-7-12-24-13-8-6-9-14-24/h6,8-9,11,13-15,17,19-21,23H,1-5,7,10,12,16,18,22H2. The number of unbranched alkanes of at least 4 members (excludes halogenated alkanes) is 6. The van der Waals surface area contributed by atoms with E-state index in [-0.39, 0.29) is 5.56 Å². The molecule has 0 radical (unpaired) electrons. The van der Waals surface area contributed by atoms with Crippen molar-refractivity contribution in [3.8, 4) is 0 Å². The van der Waals surface area contributed by atoms with E-state index in [0.717, 1.165) is 29.4 Å². The molecule has 0 atom stereocenters. The molecular weight excluding hydrogens is 468 g/mol. The number of rotatable bonds is 15. The zero-order chi connectivity index (χ0) is 24.8. The molecule has 0 saturated heterocycles. The Labute approximate surface area is 217 Å². The lowest BCUT2D eigenvalue weighted by Crippen LogP contribution is -2.20. The molecule has 0 unspecified atom stereocenters. The number of aryl methyl sites for hydroxylation is 2. The summed E-state index contributed by atoms with van der Waals surface area (Å²) in [5.41, 5.74) is 2.83. The van der Waals surface area contributed by atoms with Crippen molar-refractivity contribution in [2.45, 2.75) is 75.2 Å². The molecular formula is C29H34N4O2S. The summed E-state index contributed by atoms with van der Waals surface area (Å²) in [6, 6.07) is 14.6. The first kappa shape index (κ1) is 25.9. The topological polar surface area (TPSA) is 73.8 Å². The number of thioether (sulfide) groups is 1. The van der Waals surface area contributed by atoms with Crippen molar-refractivity contribution in [1.29, 1.82) is 0 Å². The van der Waals surface area contributed by atoms with Gasteiger partial charge in [-0.3, -0.25) is 4.79 Å². The second kappa shape index (κ2) is 14.4. The normalized spacial score (nSPS) is 11.1. The average Bonchev–Trinajstić information content (AvgIpc) is 3.43. The van der Waals surface area contributed by atoms with Crippen LogP contribution in [0.1, 0.15) is 67.4 Å². The molecule has 0 fully saturated rings. The summed E-state index contributed by atoms with van der Waals surface area (Å²) in [5, 5.41) is 0.741. The Morgan fingerprint density at radius 1 is 0.833 bits per heavy atom. The van der Waals surface area contributed by atoms with E-state index in [1.165, 1.54) is 56.8 Å². The molecule has 1 aromatic carbocycles. The lowest BCUT2D eigenvalue weighted by Gasteiger charge is -2.13. The molecule has 4 aromatic rings. The predicted molar refractivity (Wildman–Crippen MR) is 144 cm³/mol. The third-order valence-electron chi connectivity index (χ3n) is 6.17. The monoisotopic (exact) mass is 502 g/mol. The van der Waals surface area contributed by atoms with E-state index in [1.807, 2.05) is 18.3 Å². The molecule has 0 aliphatic heterocycles. The van der Waals surface area contributed by atoms with Crippen LogP contribution in [0.25, 0.3) is 0 Å². The molecule has 3 heterocycles. The number of benzene rings is 1. The molecule has 4 rings (SSSR count). The Morgan fingerprint density at radius 2 is 1.58 bits per heavy atom. The van der Waals surface area contributed by atoms with Crippen molar-refractivity contribution in [3.63, 3.8) is 0 Å². The molecule has 0 aliphatic carbocycles. The van der Waals surface area contributed by atoms with Crippen LogP contribution in [0.15, 0.2) is 88.0 Å². The molecule has 36 heavy (non-hydrogen) atoms. The lowest BCUT2D eigenvalue weighted by atomic mass is 10.0. The van der Waals surface area contributed by atoms with Gasteiger partial charge in [0.1, 0.15) is 12.1 Å². The van der Waals surface area contributed by atoms with Gasteiger partial charge >= 0.3 is 0 Å². The van der Waals surface area contributed by atoms with Crippen LogP contribution in [0.3, 0.4) is 0 Å². The van der Waals surface area contributed by atoms with Crippen LogP contribution >= 0.6 is 11.8 Å². The summed E-state index contributed by atoms with van der Waals surface area (Å²) in [4.78, 5) is 25.3. The van der Waals surface area contributed by atoms with E-state index in [1.54, 1.807) is 30.4 Å². The highest BCUT2D eigenvalue weighted by atomic mass is 32.2. The Kier molecular flexibility index (Phi) is 10.3. The highest BCUT2D eigenvalue weighted by Crippen LogP contribution is 2.22. The van der Waals surface area contributed by atoms with E-state index in [0.29, 0.717) is 17.7 Å². The number of hydrogen-bond donors (Lipinski definition) is 0. The number of furan rings is 1. The molecule has 0 saturated carbocycles. The smallest absolute Gasteiger partial charge is 0.277 e. The van der Waals surface area contributed by atoms with E-state index < -0.39 is 0 Å². The number of hydrogen-bond acceptors (Lipinski definition) is 6. The predicted octanol–water partition coefficient (Wildman–Crippen LogP) is 6.48. The second-order valence-corrected chi connectivity index (χ2v) is 9.99. The summed E-state index contributed by atoms with van der Waals surface area (Å²) in [6.07, 6.45) is 18.9.